The first-order valence-corrected chi connectivity index (χ1v) is 5.79. The molecule has 0 saturated heterocycles. The third-order valence-corrected chi connectivity index (χ3v) is 2.70. The van der Waals surface area contributed by atoms with Crippen LogP contribution in [0.1, 0.15) is 12.8 Å². The molecule has 17 heavy (non-hydrogen) atoms. The molecule has 0 aliphatic heterocycles. The molecule has 0 aliphatic carbocycles. The van der Waals surface area contributed by atoms with E-state index >= 15 is 0 Å². The number of anilines is 1. The van der Waals surface area contributed by atoms with Gasteiger partial charge in [-0.3, -0.25) is 4.68 Å². The van der Waals surface area contributed by atoms with E-state index in [1.54, 1.807) is 0 Å². The van der Waals surface area contributed by atoms with Crippen molar-refractivity contribution in [2.24, 2.45) is 0 Å². The molecule has 0 fully saturated rings. The minimum Gasteiger partial charge on any atom is -0.398 e. The highest BCUT2D eigenvalue weighted by atomic mass is 16.2. The van der Waals surface area contributed by atoms with Gasteiger partial charge in [-0.25, -0.2) is 0 Å². The molecule has 0 atom stereocenters. The summed E-state index contributed by atoms with van der Waals surface area (Å²) in [6, 6.07) is 7.77. The maximum Gasteiger partial charge on any atom is 0.0569 e. The van der Waals surface area contributed by atoms with Crippen LogP contribution in [0, 0.1) is 0 Å². The van der Waals surface area contributed by atoms with Crippen LogP contribution in [0.5, 0.6) is 0 Å². The number of rotatable bonds is 5. The molecule has 0 spiro atoms. The number of nitrogens with two attached hydrogens (primary N) is 1. The Balaban J connectivity index is 2.10. The lowest BCUT2D eigenvalue weighted by molar-refractivity contribution is 0.280. The van der Waals surface area contributed by atoms with E-state index in [1.807, 2.05) is 41.3 Å². The third kappa shape index (κ3) is 2.85. The van der Waals surface area contributed by atoms with Crippen LogP contribution in [-0.4, -0.2) is 21.5 Å². The predicted octanol–water partition coefficient (Wildman–Crippen LogP) is 1.90. The smallest absolute Gasteiger partial charge is 0.0569 e. The van der Waals surface area contributed by atoms with Gasteiger partial charge in [-0.2, -0.15) is 5.10 Å². The molecule has 0 saturated carbocycles. The third-order valence-electron chi connectivity index (χ3n) is 2.70. The number of hydrogen-bond donors (Lipinski definition) is 2. The molecule has 0 amide bonds. The highest BCUT2D eigenvalue weighted by Crippen LogP contribution is 2.24. The number of nitrogen functional groups attached to an aromatic ring is 1. The number of hydrogen-bond acceptors (Lipinski definition) is 3. The van der Waals surface area contributed by atoms with Gasteiger partial charge in [0.2, 0.25) is 0 Å². The topological polar surface area (TPSA) is 64.1 Å². The molecule has 0 radical (unpaired) electrons. The zero-order valence-corrected chi connectivity index (χ0v) is 9.71. The Morgan fingerprint density at radius 3 is 2.82 bits per heavy atom. The second-order valence-electron chi connectivity index (χ2n) is 4.01. The summed E-state index contributed by atoms with van der Waals surface area (Å²) in [5, 5.41) is 13.0. The molecule has 0 aliphatic rings. The SMILES string of the molecule is Nc1ccccc1-c1cnn(CCCCO)c1. The highest BCUT2D eigenvalue weighted by molar-refractivity contribution is 5.75. The number of aliphatic hydroxyl groups is 1. The molecule has 0 unspecified atom stereocenters. The van der Waals surface area contributed by atoms with Crippen molar-refractivity contribution in [1.82, 2.24) is 9.78 Å². The minimum absolute atomic E-state index is 0.236. The lowest BCUT2D eigenvalue weighted by Crippen LogP contribution is -1.98. The molecule has 3 N–H and O–H groups in total. The first-order chi connectivity index (χ1) is 8.31. The van der Waals surface area contributed by atoms with Crippen LogP contribution < -0.4 is 5.73 Å². The van der Waals surface area contributed by atoms with Crippen molar-refractivity contribution in [2.45, 2.75) is 19.4 Å². The van der Waals surface area contributed by atoms with Crippen molar-refractivity contribution in [3.05, 3.63) is 36.7 Å². The summed E-state index contributed by atoms with van der Waals surface area (Å²) in [4.78, 5) is 0. The molecular weight excluding hydrogens is 214 g/mol. The summed E-state index contributed by atoms with van der Waals surface area (Å²) in [6.07, 6.45) is 5.55. The second-order valence-corrected chi connectivity index (χ2v) is 4.01. The van der Waals surface area contributed by atoms with E-state index in [1.165, 1.54) is 0 Å². The molecule has 2 aromatic rings. The van der Waals surface area contributed by atoms with Gasteiger partial charge in [0.15, 0.2) is 0 Å². The molecule has 2 rings (SSSR count). The Bertz CT molecular complexity index is 479. The Morgan fingerprint density at radius 2 is 2.06 bits per heavy atom. The minimum atomic E-state index is 0.236. The lowest BCUT2D eigenvalue weighted by Gasteiger charge is -2.01. The summed E-state index contributed by atoms with van der Waals surface area (Å²) in [6.45, 7) is 1.06. The number of aryl methyl sites for hydroxylation is 1. The summed E-state index contributed by atoms with van der Waals surface area (Å²) >= 11 is 0. The number of aromatic nitrogens is 2. The second kappa shape index (κ2) is 5.50. The number of nitrogens with zero attached hydrogens (tertiary/aromatic N) is 2. The van der Waals surface area contributed by atoms with E-state index in [9.17, 15) is 0 Å². The normalized spacial score (nSPS) is 10.6. The van der Waals surface area contributed by atoms with Crippen LogP contribution in [0.4, 0.5) is 5.69 Å². The first-order valence-electron chi connectivity index (χ1n) is 5.79. The quantitative estimate of drug-likeness (QED) is 0.610. The standard InChI is InChI=1S/C13H17N3O/c14-13-6-2-1-5-12(13)11-9-15-16(10-11)7-3-4-8-17/h1-2,5-6,9-10,17H,3-4,7-8,14H2. The Labute approximate surface area is 101 Å². The van der Waals surface area contributed by atoms with Gasteiger partial charge in [0.25, 0.3) is 0 Å². The van der Waals surface area contributed by atoms with E-state index in [2.05, 4.69) is 5.10 Å². The summed E-state index contributed by atoms with van der Waals surface area (Å²) in [7, 11) is 0. The van der Waals surface area contributed by atoms with Gasteiger partial charge in [-0.15, -0.1) is 0 Å². The first kappa shape index (κ1) is 11.7. The van der Waals surface area contributed by atoms with E-state index in [-0.39, 0.29) is 6.61 Å². The van der Waals surface area contributed by atoms with Gasteiger partial charge in [0.1, 0.15) is 0 Å². The van der Waals surface area contributed by atoms with Crippen LogP contribution in [0.3, 0.4) is 0 Å². The average Bonchev–Trinajstić information content (AvgIpc) is 2.79. The van der Waals surface area contributed by atoms with Crippen molar-refractivity contribution >= 4 is 5.69 Å². The number of unbranched alkanes of at least 4 members (excludes halogenated alkanes) is 1. The van der Waals surface area contributed by atoms with Gasteiger partial charge < -0.3 is 10.8 Å². The molecular formula is C13H17N3O. The van der Waals surface area contributed by atoms with Crippen LogP contribution in [-0.2, 0) is 6.54 Å². The molecule has 1 aromatic carbocycles. The summed E-state index contributed by atoms with van der Waals surface area (Å²) in [5.41, 5.74) is 8.73. The van der Waals surface area contributed by atoms with Crippen LogP contribution in [0.25, 0.3) is 11.1 Å². The van der Waals surface area contributed by atoms with Gasteiger partial charge in [0, 0.05) is 36.2 Å². The van der Waals surface area contributed by atoms with Gasteiger partial charge in [-0.05, 0) is 18.9 Å². The van der Waals surface area contributed by atoms with E-state index in [0.29, 0.717) is 0 Å². The highest BCUT2D eigenvalue weighted by Gasteiger charge is 2.04. The van der Waals surface area contributed by atoms with Crippen LogP contribution in [0.15, 0.2) is 36.7 Å². The Morgan fingerprint density at radius 1 is 1.24 bits per heavy atom. The Kier molecular flexibility index (Phi) is 3.77. The van der Waals surface area contributed by atoms with E-state index < -0.39 is 0 Å². The van der Waals surface area contributed by atoms with Crippen molar-refractivity contribution in [3.8, 4) is 11.1 Å². The fraction of sp³-hybridized carbons (Fsp3) is 0.308. The zero-order valence-electron chi connectivity index (χ0n) is 9.71. The number of para-hydroxylation sites is 1. The van der Waals surface area contributed by atoms with Crippen molar-refractivity contribution < 1.29 is 5.11 Å². The summed E-state index contributed by atoms with van der Waals surface area (Å²) < 4.78 is 1.89. The van der Waals surface area contributed by atoms with Crippen molar-refractivity contribution in [1.29, 1.82) is 0 Å². The molecule has 4 nitrogen and oxygen atoms in total. The van der Waals surface area contributed by atoms with Crippen LogP contribution >= 0.6 is 0 Å². The van der Waals surface area contributed by atoms with E-state index in [0.717, 1.165) is 36.2 Å². The zero-order chi connectivity index (χ0) is 12.1. The number of benzene rings is 1. The molecule has 4 heteroatoms. The van der Waals surface area contributed by atoms with Gasteiger partial charge >= 0.3 is 0 Å². The largest absolute Gasteiger partial charge is 0.398 e. The fourth-order valence-corrected chi connectivity index (χ4v) is 1.77. The molecule has 90 valence electrons. The van der Waals surface area contributed by atoms with Gasteiger partial charge in [0.05, 0.1) is 6.20 Å². The van der Waals surface area contributed by atoms with E-state index in [4.69, 9.17) is 10.8 Å². The fourth-order valence-electron chi connectivity index (χ4n) is 1.77. The maximum atomic E-state index is 8.72. The monoisotopic (exact) mass is 231 g/mol. The average molecular weight is 231 g/mol. The molecule has 1 heterocycles. The maximum absolute atomic E-state index is 8.72. The Hall–Kier alpha value is -1.81. The molecule has 1 aromatic heterocycles. The van der Waals surface area contributed by atoms with Crippen molar-refractivity contribution in [3.63, 3.8) is 0 Å². The lowest BCUT2D eigenvalue weighted by atomic mass is 10.1. The number of aliphatic hydroxyl groups excluding tert-OH is 1. The van der Waals surface area contributed by atoms with Crippen molar-refractivity contribution in [2.75, 3.05) is 12.3 Å². The molecule has 0 bridgehead atoms. The predicted molar refractivity (Wildman–Crippen MR) is 68.4 cm³/mol. The van der Waals surface area contributed by atoms with Crippen LogP contribution in [0.2, 0.25) is 0 Å². The van der Waals surface area contributed by atoms with Gasteiger partial charge in [-0.1, -0.05) is 18.2 Å². The summed E-state index contributed by atoms with van der Waals surface area (Å²) in [5.74, 6) is 0.